The minimum Gasteiger partial charge on any atom is -0.496 e. The van der Waals surface area contributed by atoms with Crippen LogP contribution in [0.1, 0.15) is 0 Å². The maximum atomic E-state index is 5.73. The smallest absolute Gasteiger partial charge is 0.280 e. The number of ether oxygens (including phenoxy) is 1. The fourth-order valence-electron chi connectivity index (χ4n) is 1.77. The number of methoxy groups -OCH3 is 1. The number of benzene rings is 1. The van der Waals surface area contributed by atoms with E-state index < -0.39 is 0 Å². The van der Waals surface area contributed by atoms with E-state index in [9.17, 15) is 0 Å². The normalized spacial score (nSPS) is 10.4. The maximum absolute atomic E-state index is 5.73. The van der Waals surface area contributed by atoms with Crippen LogP contribution in [0.2, 0.25) is 0 Å². The fourth-order valence-corrected chi connectivity index (χ4v) is 1.77. The largest absolute Gasteiger partial charge is 0.496 e. The number of rotatable bonds is 3. The Morgan fingerprint density at radius 2 is 1.95 bits per heavy atom. The predicted octanol–water partition coefficient (Wildman–Crippen LogP) is 1.78. The molecule has 0 unspecified atom stereocenters. The van der Waals surface area contributed by atoms with Crippen LogP contribution in [0.15, 0.2) is 41.2 Å². The zero-order chi connectivity index (χ0) is 13.9. The summed E-state index contributed by atoms with van der Waals surface area (Å²) in [4.78, 5) is 12.3. The highest BCUT2D eigenvalue weighted by atomic mass is 16.5. The monoisotopic (exact) mass is 269 g/mol. The molecule has 3 rings (SSSR count). The molecule has 0 saturated heterocycles. The van der Waals surface area contributed by atoms with Gasteiger partial charge in [-0.25, -0.2) is 9.97 Å². The first-order valence-corrected chi connectivity index (χ1v) is 5.83. The molecule has 0 amide bonds. The van der Waals surface area contributed by atoms with Gasteiger partial charge in [0, 0.05) is 12.4 Å². The minimum atomic E-state index is 0.219. The second-order valence-electron chi connectivity index (χ2n) is 3.91. The van der Waals surface area contributed by atoms with Crippen molar-refractivity contribution in [3.8, 4) is 28.7 Å². The Hall–Kier alpha value is -2.96. The Labute approximate surface area is 114 Å². The SMILES string of the molecule is COc1ccccc1-c1noc(-c2nccnc2N)n1. The van der Waals surface area contributed by atoms with Gasteiger partial charge in [0.15, 0.2) is 11.5 Å². The zero-order valence-electron chi connectivity index (χ0n) is 10.6. The summed E-state index contributed by atoms with van der Waals surface area (Å²) < 4.78 is 10.5. The van der Waals surface area contributed by atoms with Gasteiger partial charge >= 0.3 is 0 Å². The average molecular weight is 269 g/mol. The Bertz CT molecular complexity index is 741. The van der Waals surface area contributed by atoms with Gasteiger partial charge in [-0.1, -0.05) is 17.3 Å². The second-order valence-corrected chi connectivity index (χ2v) is 3.91. The van der Waals surface area contributed by atoms with Crippen molar-refractivity contribution in [1.82, 2.24) is 20.1 Å². The van der Waals surface area contributed by atoms with Gasteiger partial charge < -0.3 is 15.0 Å². The first-order chi connectivity index (χ1) is 9.79. The molecule has 2 N–H and O–H groups in total. The molecule has 1 aromatic carbocycles. The van der Waals surface area contributed by atoms with Gasteiger partial charge in [0.05, 0.1) is 12.7 Å². The van der Waals surface area contributed by atoms with E-state index >= 15 is 0 Å². The van der Waals surface area contributed by atoms with E-state index in [0.717, 1.165) is 5.56 Å². The van der Waals surface area contributed by atoms with Gasteiger partial charge in [0.2, 0.25) is 5.82 Å². The average Bonchev–Trinajstić information content (AvgIpc) is 2.97. The van der Waals surface area contributed by atoms with Crippen molar-refractivity contribution in [2.45, 2.75) is 0 Å². The lowest BCUT2D eigenvalue weighted by atomic mass is 10.2. The Morgan fingerprint density at radius 3 is 2.75 bits per heavy atom. The molecule has 20 heavy (non-hydrogen) atoms. The van der Waals surface area contributed by atoms with Crippen molar-refractivity contribution < 1.29 is 9.26 Å². The molecule has 2 heterocycles. The third-order valence-electron chi connectivity index (χ3n) is 2.70. The van der Waals surface area contributed by atoms with E-state index in [4.69, 9.17) is 15.0 Å². The van der Waals surface area contributed by atoms with Gasteiger partial charge in [-0.05, 0) is 12.1 Å². The minimum absolute atomic E-state index is 0.219. The van der Waals surface area contributed by atoms with Crippen LogP contribution in [0.4, 0.5) is 5.82 Å². The lowest BCUT2D eigenvalue weighted by Gasteiger charge is -2.03. The third kappa shape index (κ3) is 2.05. The first kappa shape index (κ1) is 12.1. The number of hydrogen-bond acceptors (Lipinski definition) is 7. The molecule has 3 aromatic rings. The number of aromatic nitrogens is 4. The first-order valence-electron chi connectivity index (χ1n) is 5.83. The number of hydrogen-bond donors (Lipinski definition) is 1. The topological polar surface area (TPSA) is 100.0 Å². The van der Waals surface area contributed by atoms with Crippen molar-refractivity contribution in [3.05, 3.63) is 36.7 Å². The Balaban J connectivity index is 2.05. The van der Waals surface area contributed by atoms with Crippen LogP contribution in [-0.4, -0.2) is 27.2 Å². The summed E-state index contributed by atoms with van der Waals surface area (Å²) in [7, 11) is 1.58. The highest BCUT2D eigenvalue weighted by Crippen LogP contribution is 2.29. The maximum Gasteiger partial charge on any atom is 0.280 e. The fraction of sp³-hybridized carbons (Fsp3) is 0.0769. The van der Waals surface area contributed by atoms with E-state index in [1.807, 2.05) is 24.3 Å². The van der Waals surface area contributed by atoms with Crippen LogP contribution in [0.3, 0.4) is 0 Å². The van der Waals surface area contributed by atoms with Crippen molar-refractivity contribution in [3.63, 3.8) is 0 Å². The molecule has 7 nitrogen and oxygen atoms in total. The number of para-hydroxylation sites is 1. The Kier molecular flexibility index (Phi) is 3.00. The molecule has 0 saturated carbocycles. The molecule has 2 aromatic heterocycles. The van der Waals surface area contributed by atoms with E-state index in [1.165, 1.54) is 12.4 Å². The van der Waals surface area contributed by atoms with Crippen molar-refractivity contribution in [1.29, 1.82) is 0 Å². The molecule has 100 valence electrons. The highest BCUT2D eigenvalue weighted by molar-refractivity contribution is 5.67. The summed E-state index contributed by atoms with van der Waals surface area (Å²) in [6.07, 6.45) is 3.01. The second kappa shape index (κ2) is 4.96. The van der Waals surface area contributed by atoms with Crippen LogP contribution in [-0.2, 0) is 0 Å². The zero-order valence-corrected chi connectivity index (χ0v) is 10.6. The quantitative estimate of drug-likeness (QED) is 0.773. The number of nitrogen functional groups attached to an aromatic ring is 1. The van der Waals surface area contributed by atoms with Crippen LogP contribution < -0.4 is 10.5 Å². The van der Waals surface area contributed by atoms with Gasteiger partial charge in [-0.3, -0.25) is 0 Å². The molecule has 0 atom stereocenters. The van der Waals surface area contributed by atoms with Gasteiger partial charge in [0.25, 0.3) is 5.89 Å². The number of nitrogens with two attached hydrogens (primary N) is 1. The molecular weight excluding hydrogens is 258 g/mol. The van der Waals surface area contributed by atoms with Crippen LogP contribution >= 0.6 is 0 Å². The lowest BCUT2D eigenvalue weighted by Crippen LogP contribution is -1.96. The van der Waals surface area contributed by atoms with Gasteiger partial charge in [-0.2, -0.15) is 4.98 Å². The molecule has 0 aliphatic rings. The van der Waals surface area contributed by atoms with Crippen LogP contribution in [0, 0.1) is 0 Å². The predicted molar refractivity (Wildman–Crippen MR) is 71.7 cm³/mol. The molecule has 0 fully saturated rings. The van der Waals surface area contributed by atoms with Gasteiger partial charge in [0.1, 0.15) is 5.75 Å². The molecule has 0 radical (unpaired) electrons. The Morgan fingerprint density at radius 1 is 1.15 bits per heavy atom. The molecular formula is C13H11N5O2. The summed E-state index contributed by atoms with van der Waals surface area (Å²) in [5, 5.41) is 3.92. The lowest BCUT2D eigenvalue weighted by molar-refractivity contribution is 0.413. The summed E-state index contributed by atoms with van der Waals surface area (Å²) in [6.45, 7) is 0. The number of nitrogens with zero attached hydrogens (tertiary/aromatic N) is 4. The van der Waals surface area contributed by atoms with Crippen molar-refractivity contribution >= 4 is 5.82 Å². The van der Waals surface area contributed by atoms with Crippen molar-refractivity contribution in [2.24, 2.45) is 0 Å². The van der Waals surface area contributed by atoms with Crippen molar-refractivity contribution in [2.75, 3.05) is 12.8 Å². The summed E-state index contributed by atoms with van der Waals surface area (Å²) in [6, 6.07) is 7.39. The summed E-state index contributed by atoms with van der Waals surface area (Å²) in [5.41, 5.74) is 6.82. The molecule has 0 bridgehead atoms. The van der Waals surface area contributed by atoms with Gasteiger partial charge in [-0.15, -0.1) is 0 Å². The summed E-state index contributed by atoms with van der Waals surface area (Å²) in [5.74, 6) is 1.52. The molecule has 0 aliphatic carbocycles. The third-order valence-corrected chi connectivity index (χ3v) is 2.70. The van der Waals surface area contributed by atoms with E-state index in [-0.39, 0.29) is 11.7 Å². The van der Waals surface area contributed by atoms with E-state index in [1.54, 1.807) is 7.11 Å². The summed E-state index contributed by atoms with van der Waals surface area (Å²) >= 11 is 0. The number of anilines is 1. The molecule has 0 aliphatic heterocycles. The van der Waals surface area contributed by atoms with E-state index in [2.05, 4.69) is 20.1 Å². The molecule has 0 spiro atoms. The van der Waals surface area contributed by atoms with Crippen LogP contribution in [0.25, 0.3) is 23.0 Å². The van der Waals surface area contributed by atoms with E-state index in [0.29, 0.717) is 17.3 Å². The standard InChI is InChI=1S/C13H11N5O2/c1-19-9-5-3-2-4-8(9)12-17-13(20-18-12)10-11(14)16-7-6-15-10/h2-7H,1H3,(H2,14,16). The highest BCUT2D eigenvalue weighted by Gasteiger charge is 2.16. The molecule has 7 heteroatoms. The van der Waals surface area contributed by atoms with Crippen LogP contribution in [0.5, 0.6) is 5.75 Å².